The van der Waals surface area contributed by atoms with Crippen LogP contribution in [-0.2, 0) is 9.47 Å². The predicted octanol–water partition coefficient (Wildman–Crippen LogP) is 15.9. The van der Waals surface area contributed by atoms with Gasteiger partial charge in [0.25, 0.3) is 0 Å². The molecule has 0 aromatic rings. The van der Waals surface area contributed by atoms with E-state index < -0.39 is 0 Å². The molecule has 18 atom stereocenters. The van der Waals surface area contributed by atoms with Crippen LogP contribution in [0.15, 0.2) is 11.6 Å². The highest BCUT2D eigenvalue weighted by atomic mass is 16.7. The molecule has 3 heteroatoms. The average molecular weight is 801 g/mol. The monoisotopic (exact) mass is 801 g/mol. The zero-order valence-electron chi connectivity index (χ0n) is 39.7. The molecule has 0 bridgehead atoms. The van der Waals surface area contributed by atoms with E-state index in [1.807, 2.05) is 0 Å². The Morgan fingerprint density at radius 1 is 0.655 bits per heavy atom. The first-order valence-electron chi connectivity index (χ1n) is 26.2. The summed E-state index contributed by atoms with van der Waals surface area (Å²) >= 11 is 0. The van der Waals surface area contributed by atoms with Crippen LogP contribution < -0.4 is 0 Å². The molecule has 58 heavy (non-hydrogen) atoms. The minimum atomic E-state index is -0.369. The molecule has 3 nitrogen and oxygen atoms in total. The van der Waals surface area contributed by atoms with E-state index in [0.717, 1.165) is 109 Å². The molecule has 0 radical (unpaired) electrons. The van der Waals surface area contributed by atoms with Gasteiger partial charge < -0.3 is 9.47 Å². The summed E-state index contributed by atoms with van der Waals surface area (Å²) in [6, 6.07) is 0. The van der Waals surface area contributed by atoms with Crippen LogP contribution in [0.25, 0.3) is 0 Å². The van der Waals surface area contributed by atoms with Crippen LogP contribution in [0.3, 0.4) is 0 Å². The predicted molar refractivity (Wildman–Crippen MR) is 241 cm³/mol. The van der Waals surface area contributed by atoms with E-state index in [4.69, 9.17) is 9.47 Å². The molecule has 330 valence electrons. The Kier molecular flexibility index (Phi) is 13.0. The van der Waals surface area contributed by atoms with Crippen molar-refractivity contribution in [2.24, 2.45) is 105 Å². The van der Waals surface area contributed by atoms with Gasteiger partial charge in [-0.25, -0.2) is 4.79 Å². The van der Waals surface area contributed by atoms with Crippen molar-refractivity contribution in [2.75, 3.05) is 0 Å². The third-order valence-corrected chi connectivity index (χ3v) is 21.3. The lowest BCUT2D eigenvalue weighted by Gasteiger charge is -2.61. The first kappa shape index (κ1) is 43.7. The largest absolute Gasteiger partial charge is 0.508 e. The zero-order valence-corrected chi connectivity index (χ0v) is 39.7. The minimum Gasteiger partial charge on any atom is -0.431 e. The van der Waals surface area contributed by atoms with Gasteiger partial charge in [0.2, 0.25) is 0 Å². The van der Waals surface area contributed by atoms with Crippen LogP contribution in [0.5, 0.6) is 0 Å². The zero-order chi connectivity index (χ0) is 41.1. The van der Waals surface area contributed by atoms with E-state index in [0.29, 0.717) is 16.7 Å². The minimum absolute atomic E-state index is 0.0197. The molecule has 0 aromatic heterocycles. The Bertz CT molecular complexity index is 1450. The summed E-state index contributed by atoms with van der Waals surface area (Å²) in [5, 5.41) is 0. The summed E-state index contributed by atoms with van der Waals surface area (Å²) in [6.45, 7) is 25.4. The van der Waals surface area contributed by atoms with Crippen LogP contribution in [0.2, 0.25) is 0 Å². The van der Waals surface area contributed by atoms with Crippen molar-refractivity contribution in [1.29, 1.82) is 0 Å². The maximum Gasteiger partial charge on any atom is 0.508 e. The Hall–Kier alpha value is -0.990. The molecule has 8 aliphatic carbocycles. The molecule has 12 unspecified atom stereocenters. The fourth-order valence-electron chi connectivity index (χ4n) is 18.2. The van der Waals surface area contributed by atoms with Gasteiger partial charge in [-0.2, -0.15) is 0 Å². The van der Waals surface area contributed by atoms with Crippen LogP contribution in [-0.4, -0.2) is 18.4 Å². The second-order valence-electron chi connectivity index (χ2n) is 25.1. The summed E-state index contributed by atoms with van der Waals surface area (Å²) in [4.78, 5) is 13.5. The van der Waals surface area contributed by atoms with Gasteiger partial charge in [0.05, 0.1) is 0 Å². The number of rotatable bonds is 12. The molecule has 0 N–H and O–H groups in total. The number of ether oxygens (including phenoxy) is 2. The van der Waals surface area contributed by atoms with E-state index in [-0.39, 0.29) is 23.8 Å². The molecule has 0 saturated heterocycles. The first-order valence-corrected chi connectivity index (χ1v) is 26.2. The Balaban J connectivity index is 0.824. The van der Waals surface area contributed by atoms with E-state index >= 15 is 0 Å². The second-order valence-corrected chi connectivity index (χ2v) is 25.1. The highest BCUT2D eigenvalue weighted by Crippen LogP contribution is 2.69. The summed E-state index contributed by atoms with van der Waals surface area (Å²) in [6.07, 6.45) is 31.4. The topological polar surface area (TPSA) is 35.5 Å². The molecule has 8 aliphatic rings. The molecule has 0 spiro atoms. The van der Waals surface area contributed by atoms with Gasteiger partial charge in [-0.1, -0.05) is 119 Å². The fourth-order valence-corrected chi connectivity index (χ4v) is 18.2. The van der Waals surface area contributed by atoms with Crippen molar-refractivity contribution in [1.82, 2.24) is 0 Å². The van der Waals surface area contributed by atoms with Gasteiger partial charge in [0.15, 0.2) is 0 Å². The average Bonchev–Trinajstić information content (AvgIpc) is 3.78. The van der Waals surface area contributed by atoms with E-state index in [1.54, 1.807) is 5.57 Å². The van der Waals surface area contributed by atoms with Gasteiger partial charge in [-0.3, -0.25) is 0 Å². The molecule has 0 aromatic carbocycles. The highest BCUT2D eigenvalue weighted by Gasteiger charge is 2.61. The molecular formula is C55H92O3. The smallest absolute Gasteiger partial charge is 0.431 e. The van der Waals surface area contributed by atoms with E-state index in [1.165, 1.54) is 116 Å². The highest BCUT2D eigenvalue weighted by molar-refractivity contribution is 5.60. The molecule has 0 heterocycles. The van der Waals surface area contributed by atoms with Gasteiger partial charge in [-0.05, 0) is 201 Å². The Morgan fingerprint density at radius 2 is 1.31 bits per heavy atom. The SMILES string of the molecule is CC(C)CCCC(C)[C@H]1CCC2C3CCC4CC(OC(=O)OC5CC[C@@]6(C)C(=CCC7C8CC[C@H]([C@@H](C)CCCC(C)C)C8C(C)CC76)C5)CC[C@]4(C)C3CC[C@@]21C. The Morgan fingerprint density at radius 3 is 2.05 bits per heavy atom. The van der Waals surface area contributed by atoms with Crippen LogP contribution in [0.1, 0.15) is 210 Å². The second kappa shape index (κ2) is 17.3. The third-order valence-electron chi connectivity index (χ3n) is 21.3. The van der Waals surface area contributed by atoms with E-state index in [2.05, 4.69) is 75.3 Å². The normalized spacial score (nSPS) is 46.8. The molecule has 0 amide bonds. The van der Waals surface area contributed by atoms with Crippen molar-refractivity contribution in [3.05, 3.63) is 11.6 Å². The van der Waals surface area contributed by atoms with Gasteiger partial charge in [0.1, 0.15) is 12.2 Å². The van der Waals surface area contributed by atoms with Crippen molar-refractivity contribution in [2.45, 2.75) is 223 Å². The van der Waals surface area contributed by atoms with Crippen molar-refractivity contribution in [3.8, 4) is 0 Å². The number of carbonyl (C=O) groups is 1. The van der Waals surface area contributed by atoms with Crippen molar-refractivity contribution < 1.29 is 14.3 Å². The quantitative estimate of drug-likeness (QED) is 0.146. The first-order chi connectivity index (χ1) is 27.6. The van der Waals surface area contributed by atoms with Crippen LogP contribution >= 0.6 is 0 Å². The van der Waals surface area contributed by atoms with Crippen LogP contribution in [0.4, 0.5) is 4.79 Å². The van der Waals surface area contributed by atoms with Gasteiger partial charge in [0, 0.05) is 6.42 Å². The maximum atomic E-state index is 13.5. The van der Waals surface area contributed by atoms with Crippen LogP contribution in [0, 0.1) is 105 Å². The summed E-state index contributed by atoms with van der Waals surface area (Å²) < 4.78 is 12.6. The molecular weight excluding hydrogens is 709 g/mol. The molecule has 0 aliphatic heterocycles. The summed E-state index contributed by atoms with van der Waals surface area (Å²) in [5.41, 5.74) is 2.86. The lowest BCUT2D eigenvalue weighted by atomic mass is 9.44. The summed E-state index contributed by atoms with van der Waals surface area (Å²) in [5.74, 6) is 13.0. The fraction of sp³-hybridized carbons (Fsp3) is 0.945. The van der Waals surface area contributed by atoms with Gasteiger partial charge in [-0.15, -0.1) is 0 Å². The number of hydrogen-bond acceptors (Lipinski definition) is 3. The molecule has 8 rings (SSSR count). The van der Waals surface area contributed by atoms with Crippen molar-refractivity contribution in [3.63, 3.8) is 0 Å². The maximum absolute atomic E-state index is 13.5. The lowest BCUT2D eigenvalue weighted by Crippen LogP contribution is -2.54. The molecule has 7 saturated carbocycles. The number of carbonyl (C=O) groups excluding carboxylic acids is 1. The Labute approximate surface area is 358 Å². The number of fused-ring (bicyclic) bond motifs is 10. The molecule has 7 fully saturated rings. The summed E-state index contributed by atoms with van der Waals surface area (Å²) in [7, 11) is 0. The number of allylic oxidation sites excluding steroid dienone is 1. The standard InChI is InChI=1S/C55H92O3/c1-34(2)13-11-15-36(5)43-21-22-45-44-19-17-40-33-42(26-29-54(40,9)50(44)31-38(7)51(43)45)58-52(56)57-41-25-28-53(8)39(32-41)18-20-46-48-24-23-47(37(6)16-12-14-35(3)4)55(48,10)30-27-49(46)53/h17,34-39,41-51H,11-16,18-33H2,1-10H3/t36-,37?,38?,39?,41?,42?,43+,44?,45?,46?,47+,48?,49?,50?,51?,53-,54-,55+/m0/s1. The van der Waals surface area contributed by atoms with Gasteiger partial charge >= 0.3 is 6.16 Å². The van der Waals surface area contributed by atoms with Crippen molar-refractivity contribution >= 4 is 6.16 Å². The van der Waals surface area contributed by atoms with E-state index in [9.17, 15) is 4.79 Å². The third kappa shape index (κ3) is 8.07. The number of hydrogen-bond donors (Lipinski definition) is 0. The lowest BCUT2D eigenvalue weighted by molar-refractivity contribution is -0.134.